The van der Waals surface area contributed by atoms with Gasteiger partial charge in [0.1, 0.15) is 5.75 Å². The van der Waals surface area contributed by atoms with Crippen molar-refractivity contribution in [3.8, 4) is 5.75 Å². The second-order valence-electron chi connectivity index (χ2n) is 5.56. The average Bonchev–Trinajstić information content (AvgIpc) is 2.45. The molecule has 0 unspecified atom stereocenters. The first kappa shape index (κ1) is 16.5. The Kier molecular flexibility index (Phi) is 4.83. The van der Waals surface area contributed by atoms with Crippen LogP contribution in [0.15, 0.2) is 24.3 Å². The van der Waals surface area contributed by atoms with E-state index in [9.17, 15) is 18.0 Å². The second kappa shape index (κ2) is 6.46. The van der Waals surface area contributed by atoms with Gasteiger partial charge in [0.15, 0.2) is 0 Å². The number of amides is 1. The average molecular weight is 317 g/mol. The Bertz CT molecular complexity index is 516. The monoisotopic (exact) mass is 317 g/mol. The summed E-state index contributed by atoms with van der Waals surface area (Å²) in [6, 6.07) is 4.50. The molecular formula is C15H18F3NO3. The van der Waals surface area contributed by atoms with Gasteiger partial charge in [-0.05, 0) is 44.0 Å². The number of hydrogen-bond donors (Lipinski definition) is 1. The molecule has 0 aliphatic carbocycles. The molecule has 122 valence electrons. The fourth-order valence-corrected chi connectivity index (χ4v) is 2.54. The molecule has 1 aliphatic rings. The second-order valence-corrected chi connectivity index (χ2v) is 5.56. The van der Waals surface area contributed by atoms with Crippen molar-refractivity contribution in [2.24, 2.45) is 5.92 Å². The minimum atomic E-state index is -4.36. The van der Waals surface area contributed by atoms with E-state index in [4.69, 9.17) is 9.84 Å². The first-order chi connectivity index (χ1) is 10.3. The molecule has 0 spiro atoms. The standard InChI is InChI=1S/C15H18F3NO3/c1-10-2-3-11(8-19(10)14(20)21)9-22-13-6-4-12(5-7-13)15(16,17)18/h4-7,10-11H,2-3,8-9H2,1H3,(H,20,21)/t10-,11+/m0/s1. The van der Waals surface area contributed by atoms with Crippen LogP contribution in [0, 0.1) is 5.92 Å². The number of nitrogens with zero attached hydrogens (tertiary/aromatic N) is 1. The smallest absolute Gasteiger partial charge is 0.416 e. The van der Waals surface area contributed by atoms with Crippen molar-refractivity contribution in [1.82, 2.24) is 4.90 Å². The maximum absolute atomic E-state index is 12.4. The van der Waals surface area contributed by atoms with Gasteiger partial charge in [0.25, 0.3) is 0 Å². The zero-order valence-electron chi connectivity index (χ0n) is 12.1. The molecule has 0 saturated carbocycles. The first-order valence-electron chi connectivity index (χ1n) is 7.07. The number of hydrogen-bond acceptors (Lipinski definition) is 2. The van der Waals surface area contributed by atoms with Gasteiger partial charge in [-0.3, -0.25) is 0 Å². The first-order valence-corrected chi connectivity index (χ1v) is 7.07. The number of carboxylic acid groups (broad SMARTS) is 1. The van der Waals surface area contributed by atoms with E-state index in [0.717, 1.165) is 25.0 Å². The van der Waals surface area contributed by atoms with Gasteiger partial charge in [0.05, 0.1) is 12.2 Å². The molecule has 1 aliphatic heterocycles. The molecule has 1 heterocycles. The Morgan fingerprint density at radius 1 is 1.32 bits per heavy atom. The number of alkyl halides is 3. The van der Waals surface area contributed by atoms with Crippen molar-refractivity contribution in [2.75, 3.05) is 13.2 Å². The van der Waals surface area contributed by atoms with Crippen molar-refractivity contribution < 1.29 is 27.8 Å². The Labute approximate surface area is 126 Å². The van der Waals surface area contributed by atoms with Crippen molar-refractivity contribution in [2.45, 2.75) is 32.0 Å². The van der Waals surface area contributed by atoms with Crippen molar-refractivity contribution in [3.63, 3.8) is 0 Å². The SMILES string of the molecule is C[C@H]1CC[C@@H](COc2ccc(C(F)(F)F)cc2)CN1C(=O)O. The molecule has 1 aromatic carbocycles. The van der Waals surface area contributed by atoms with E-state index in [2.05, 4.69) is 0 Å². The molecule has 22 heavy (non-hydrogen) atoms. The summed E-state index contributed by atoms with van der Waals surface area (Å²) in [5.74, 6) is 0.406. The molecule has 1 N–H and O–H groups in total. The number of benzene rings is 1. The molecular weight excluding hydrogens is 299 g/mol. The van der Waals surface area contributed by atoms with Gasteiger partial charge < -0.3 is 14.7 Å². The number of rotatable bonds is 3. The van der Waals surface area contributed by atoms with Crippen LogP contribution in [0.3, 0.4) is 0 Å². The quantitative estimate of drug-likeness (QED) is 0.921. The van der Waals surface area contributed by atoms with Crippen LogP contribution in [0.1, 0.15) is 25.3 Å². The lowest BCUT2D eigenvalue weighted by Gasteiger charge is -2.35. The molecule has 7 heteroatoms. The predicted octanol–water partition coefficient (Wildman–Crippen LogP) is 3.86. The minimum absolute atomic E-state index is 0.0141. The maximum Gasteiger partial charge on any atom is 0.416 e. The van der Waals surface area contributed by atoms with Crippen LogP contribution < -0.4 is 4.74 Å². The molecule has 0 bridgehead atoms. The van der Waals surface area contributed by atoms with Gasteiger partial charge in [-0.1, -0.05) is 0 Å². The third-order valence-electron chi connectivity index (χ3n) is 3.89. The molecule has 1 aromatic rings. The van der Waals surface area contributed by atoms with Crippen molar-refractivity contribution in [3.05, 3.63) is 29.8 Å². The van der Waals surface area contributed by atoms with E-state index in [0.29, 0.717) is 18.9 Å². The lowest BCUT2D eigenvalue weighted by Crippen LogP contribution is -2.46. The Morgan fingerprint density at radius 3 is 2.50 bits per heavy atom. The Balaban J connectivity index is 1.89. The topological polar surface area (TPSA) is 49.8 Å². The summed E-state index contributed by atoms with van der Waals surface area (Å²) in [7, 11) is 0. The lowest BCUT2D eigenvalue weighted by atomic mass is 9.94. The van der Waals surface area contributed by atoms with E-state index >= 15 is 0 Å². The number of piperidine rings is 1. The third kappa shape index (κ3) is 4.05. The van der Waals surface area contributed by atoms with Gasteiger partial charge in [-0.2, -0.15) is 13.2 Å². The molecule has 2 atom stereocenters. The van der Waals surface area contributed by atoms with E-state index < -0.39 is 17.8 Å². The fourth-order valence-electron chi connectivity index (χ4n) is 2.54. The lowest BCUT2D eigenvalue weighted by molar-refractivity contribution is -0.137. The Morgan fingerprint density at radius 2 is 1.95 bits per heavy atom. The number of likely N-dealkylation sites (tertiary alicyclic amines) is 1. The minimum Gasteiger partial charge on any atom is -0.493 e. The summed E-state index contributed by atoms with van der Waals surface area (Å²) in [4.78, 5) is 12.5. The van der Waals surface area contributed by atoms with E-state index in [-0.39, 0.29) is 12.0 Å². The summed E-state index contributed by atoms with van der Waals surface area (Å²) in [5.41, 5.74) is -0.719. The summed E-state index contributed by atoms with van der Waals surface area (Å²) in [6.07, 6.45) is -3.72. The fraction of sp³-hybridized carbons (Fsp3) is 0.533. The highest BCUT2D eigenvalue weighted by molar-refractivity contribution is 5.65. The highest BCUT2D eigenvalue weighted by Crippen LogP contribution is 2.30. The third-order valence-corrected chi connectivity index (χ3v) is 3.89. The molecule has 0 radical (unpaired) electrons. The Hall–Kier alpha value is -1.92. The summed E-state index contributed by atoms with van der Waals surface area (Å²) < 4.78 is 42.8. The number of carbonyl (C=O) groups is 1. The van der Waals surface area contributed by atoms with Crippen LogP contribution in [0.25, 0.3) is 0 Å². The molecule has 0 aromatic heterocycles. The number of ether oxygens (including phenoxy) is 1. The van der Waals surface area contributed by atoms with Crippen LogP contribution in [0.5, 0.6) is 5.75 Å². The van der Waals surface area contributed by atoms with Gasteiger partial charge >= 0.3 is 12.3 Å². The highest BCUT2D eigenvalue weighted by atomic mass is 19.4. The summed E-state index contributed by atoms with van der Waals surface area (Å²) in [5, 5.41) is 9.10. The largest absolute Gasteiger partial charge is 0.493 e. The molecule has 1 amide bonds. The molecule has 2 rings (SSSR count). The van der Waals surface area contributed by atoms with Crippen LogP contribution >= 0.6 is 0 Å². The van der Waals surface area contributed by atoms with Crippen molar-refractivity contribution >= 4 is 6.09 Å². The maximum atomic E-state index is 12.4. The van der Waals surface area contributed by atoms with Gasteiger partial charge in [0, 0.05) is 18.5 Å². The van der Waals surface area contributed by atoms with Gasteiger partial charge in [0.2, 0.25) is 0 Å². The van der Waals surface area contributed by atoms with Gasteiger partial charge in [-0.25, -0.2) is 4.79 Å². The summed E-state index contributed by atoms with van der Waals surface area (Å²) in [6.45, 7) is 2.54. The number of halogens is 3. The van der Waals surface area contributed by atoms with Crippen molar-refractivity contribution in [1.29, 1.82) is 0 Å². The van der Waals surface area contributed by atoms with E-state index in [1.165, 1.54) is 17.0 Å². The molecule has 1 fully saturated rings. The zero-order chi connectivity index (χ0) is 16.3. The summed E-state index contributed by atoms with van der Waals surface area (Å²) >= 11 is 0. The van der Waals surface area contributed by atoms with Crippen LogP contribution in [-0.4, -0.2) is 35.3 Å². The van der Waals surface area contributed by atoms with Gasteiger partial charge in [-0.15, -0.1) is 0 Å². The van der Waals surface area contributed by atoms with Crippen LogP contribution in [0.4, 0.5) is 18.0 Å². The van der Waals surface area contributed by atoms with E-state index in [1.807, 2.05) is 6.92 Å². The van der Waals surface area contributed by atoms with Crippen LogP contribution in [0.2, 0.25) is 0 Å². The normalized spacial score (nSPS) is 22.5. The highest BCUT2D eigenvalue weighted by Gasteiger charge is 2.31. The zero-order valence-corrected chi connectivity index (χ0v) is 12.1. The predicted molar refractivity (Wildman–Crippen MR) is 73.9 cm³/mol. The van der Waals surface area contributed by atoms with E-state index in [1.54, 1.807) is 0 Å². The van der Waals surface area contributed by atoms with Crippen LogP contribution in [-0.2, 0) is 6.18 Å². The molecule has 4 nitrogen and oxygen atoms in total. The molecule has 1 saturated heterocycles.